The lowest BCUT2D eigenvalue weighted by Crippen LogP contribution is -2.47. The van der Waals surface area contributed by atoms with Crippen molar-refractivity contribution in [2.75, 3.05) is 19.6 Å². The number of carbonyl (C=O) groups is 1. The van der Waals surface area contributed by atoms with Gasteiger partial charge in [0.25, 0.3) is 0 Å². The van der Waals surface area contributed by atoms with Crippen molar-refractivity contribution in [2.45, 2.75) is 32.2 Å². The Labute approximate surface area is 85.1 Å². The molecule has 0 radical (unpaired) electrons. The molecule has 1 aliphatic rings. The molecule has 1 aliphatic heterocycles. The average molecular weight is 200 g/mol. The molecule has 0 aromatic carbocycles. The van der Waals surface area contributed by atoms with E-state index >= 15 is 0 Å². The largest absolute Gasteiger partial charge is 0.480 e. The Balaban J connectivity index is 2.30. The molecule has 0 aromatic rings. The Morgan fingerprint density at radius 2 is 2.36 bits per heavy atom. The van der Waals surface area contributed by atoms with Gasteiger partial charge in [-0.2, -0.15) is 0 Å². The first-order valence-electron chi connectivity index (χ1n) is 5.16. The molecular formula is C10H20N2O2. The van der Waals surface area contributed by atoms with Crippen molar-refractivity contribution >= 4 is 5.97 Å². The molecule has 0 aromatic heterocycles. The highest BCUT2D eigenvalue weighted by atomic mass is 16.4. The number of hydrogen-bond donors (Lipinski definition) is 2. The van der Waals surface area contributed by atoms with E-state index in [9.17, 15) is 4.79 Å². The normalized spacial score (nSPS) is 27.5. The Hall–Kier alpha value is -0.610. The predicted octanol–water partition coefficient (Wildman–Crippen LogP) is 0.520. The molecule has 14 heavy (non-hydrogen) atoms. The molecule has 4 heteroatoms. The minimum absolute atomic E-state index is 0.523. The summed E-state index contributed by atoms with van der Waals surface area (Å²) in [6.45, 7) is 6.75. The lowest BCUT2D eigenvalue weighted by molar-refractivity contribution is -0.143. The van der Waals surface area contributed by atoms with Crippen molar-refractivity contribution in [2.24, 2.45) is 11.7 Å². The van der Waals surface area contributed by atoms with Crippen LogP contribution in [0.3, 0.4) is 0 Å². The Morgan fingerprint density at radius 3 is 2.79 bits per heavy atom. The second-order valence-electron chi connectivity index (χ2n) is 4.67. The molecule has 1 saturated heterocycles. The summed E-state index contributed by atoms with van der Waals surface area (Å²) in [6.07, 6.45) is 1.74. The van der Waals surface area contributed by atoms with E-state index in [0.717, 1.165) is 25.6 Å². The van der Waals surface area contributed by atoms with Gasteiger partial charge < -0.3 is 15.7 Å². The van der Waals surface area contributed by atoms with Crippen LogP contribution >= 0.6 is 0 Å². The molecule has 0 saturated carbocycles. The van der Waals surface area contributed by atoms with Crippen LogP contribution in [0.2, 0.25) is 0 Å². The van der Waals surface area contributed by atoms with Gasteiger partial charge in [-0.25, -0.2) is 0 Å². The van der Waals surface area contributed by atoms with Crippen LogP contribution in [0.5, 0.6) is 0 Å². The number of rotatable bonds is 4. The van der Waals surface area contributed by atoms with Gasteiger partial charge in [-0.05, 0) is 32.2 Å². The van der Waals surface area contributed by atoms with Gasteiger partial charge in [-0.1, -0.05) is 6.92 Å². The Morgan fingerprint density at radius 1 is 1.71 bits per heavy atom. The number of nitrogens with two attached hydrogens (primary N) is 1. The maximum absolute atomic E-state index is 10.7. The van der Waals surface area contributed by atoms with Crippen molar-refractivity contribution in [1.29, 1.82) is 0 Å². The summed E-state index contributed by atoms with van der Waals surface area (Å²) in [6, 6.07) is 0. The van der Waals surface area contributed by atoms with E-state index in [0.29, 0.717) is 6.42 Å². The fourth-order valence-electron chi connectivity index (χ4n) is 1.73. The van der Waals surface area contributed by atoms with Crippen LogP contribution in [0.1, 0.15) is 26.7 Å². The molecule has 1 heterocycles. The summed E-state index contributed by atoms with van der Waals surface area (Å²) in [4.78, 5) is 13.0. The zero-order chi connectivity index (χ0) is 10.8. The van der Waals surface area contributed by atoms with Gasteiger partial charge in [-0.15, -0.1) is 0 Å². The Bertz CT molecular complexity index is 216. The second kappa shape index (κ2) is 4.28. The van der Waals surface area contributed by atoms with Crippen LogP contribution in [0.15, 0.2) is 0 Å². The maximum atomic E-state index is 10.7. The molecule has 2 atom stereocenters. The lowest BCUT2D eigenvalue weighted by atomic mass is 9.99. The summed E-state index contributed by atoms with van der Waals surface area (Å²) in [5.74, 6) is -0.173. The van der Waals surface area contributed by atoms with Crippen LogP contribution in [-0.2, 0) is 4.79 Å². The molecule has 0 aliphatic carbocycles. The van der Waals surface area contributed by atoms with Crippen molar-refractivity contribution in [3.63, 3.8) is 0 Å². The molecule has 82 valence electrons. The van der Waals surface area contributed by atoms with E-state index in [4.69, 9.17) is 10.8 Å². The van der Waals surface area contributed by atoms with Gasteiger partial charge in [0.2, 0.25) is 0 Å². The zero-order valence-electron chi connectivity index (χ0n) is 8.99. The molecule has 3 N–H and O–H groups in total. The van der Waals surface area contributed by atoms with Crippen LogP contribution < -0.4 is 5.73 Å². The van der Waals surface area contributed by atoms with Gasteiger partial charge >= 0.3 is 5.97 Å². The SMILES string of the molecule is CC1CCN(CCC(C)(N)C(=O)O)C1. The first-order valence-corrected chi connectivity index (χ1v) is 5.16. The summed E-state index contributed by atoms with van der Waals surface area (Å²) < 4.78 is 0. The highest BCUT2D eigenvalue weighted by Crippen LogP contribution is 2.16. The third kappa shape index (κ3) is 2.96. The molecule has 4 nitrogen and oxygen atoms in total. The first-order chi connectivity index (χ1) is 6.42. The highest BCUT2D eigenvalue weighted by molar-refractivity contribution is 5.77. The number of carboxylic acids is 1. The number of carboxylic acid groups (broad SMARTS) is 1. The molecule has 1 fully saturated rings. The average Bonchev–Trinajstić information content (AvgIpc) is 2.48. The van der Waals surface area contributed by atoms with Crippen molar-refractivity contribution in [1.82, 2.24) is 4.90 Å². The van der Waals surface area contributed by atoms with E-state index in [-0.39, 0.29) is 0 Å². The quantitative estimate of drug-likeness (QED) is 0.694. The van der Waals surface area contributed by atoms with E-state index in [1.165, 1.54) is 6.42 Å². The zero-order valence-corrected chi connectivity index (χ0v) is 8.99. The van der Waals surface area contributed by atoms with Crippen LogP contribution in [0.25, 0.3) is 0 Å². The van der Waals surface area contributed by atoms with Gasteiger partial charge in [0.1, 0.15) is 5.54 Å². The molecule has 2 unspecified atom stereocenters. The summed E-state index contributed by atoms with van der Waals surface area (Å²) in [5, 5.41) is 8.82. The van der Waals surface area contributed by atoms with Crippen molar-refractivity contribution < 1.29 is 9.90 Å². The van der Waals surface area contributed by atoms with Crippen LogP contribution in [0.4, 0.5) is 0 Å². The van der Waals surface area contributed by atoms with Crippen molar-refractivity contribution in [3.05, 3.63) is 0 Å². The van der Waals surface area contributed by atoms with Crippen molar-refractivity contribution in [3.8, 4) is 0 Å². The van der Waals surface area contributed by atoms with E-state index < -0.39 is 11.5 Å². The second-order valence-corrected chi connectivity index (χ2v) is 4.67. The maximum Gasteiger partial charge on any atom is 0.323 e. The first kappa shape index (κ1) is 11.5. The topological polar surface area (TPSA) is 66.6 Å². The molecule has 0 spiro atoms. The monoisotopic (exact) mass is 200 g/mol. The fourth-order valence-corrected chi connectivity index (χ4v) is 1.73. The molecule has 1 rings (SSSR count). The molecule has 0 amide bonds. The number of aliphatic carboxylic acids is 1. The van der Waals surface area contributed by atoms with Crippen LogP contribution in [-0.4, -0.2) is 41.1 Å². The third-order valence-electron chi connectivity index (χ3n) is 2.94. The number of hydrogen-bond acceptors (Lipinski definition) is 3. The summed E-state index contributed by atoms with van der Waals surface area (Å²) >= 11 is 0. The van der Waals surface area contributed by atoms with Crippen LogP contribution in [0, 0.1) is 5.92 Å². The minimum Gasteiger partial charge on any atom is -0.480 e. The van der Waals surface area contributed by atoms with E-state index in [2.05, 4.69) is 11.8 Å². The summed E-state index contributed by atoms with van der Waals surface area (Å²) in [5.41, 5.74) is 4.57. The molecular weight excluding hydrogens is 180 g/mol. The fraction of sp³-hybridized carbons (Fsp3) is 0.900. The Kier molecular flexibility index (Phi) is 3.50. The summed E-state index contributed by atoms with van der Waals surface area (Å²) in [7, 11) is 0. The standard InChI is InChI=1S/C10H20N2O2/c1-8-3-5-12(7-8)6-4-10(2,11)9(13)14/h8H,3-7,11H2,1-2H3,(H,13,14). The van der Waals surface area contributed by atoms with Gasteiger partial charge in [0.05, 0.1) is 0 Å². The number of nitrogens with zero attached hydrogens (tertiary/aromatic N) is 1. The van der Waals surface area contributed by atoms with E-state index in [1.807, 2.05) is 0 Å². The number of likely N-dealkylation sites (tertiary alicyclic amines) is 1. The third-order valence-corrected chi connectivity index (χ3v) is 2.94. The van der Waals surface area contributed by atoms with Gasteiger partial charge in [-0.3, -0.25) is 4.79 Å². The highest BCUT2D eigenvalue weighted by Gasteiger charge is 2.29. The minimum atomic E-state index is -1.08. The van der Waals surface area contributed by atoms with E-state index in [1.54, 1.807) is 6.92 Å². The smallest absolute Gasteiger partial charge is 0.323 e. The van der Waals surface area contributed by atoms with Gasteiger partial charge in [0.15, 0.2) is 0 Å². The molecule has 0 bridgehead atoms. The lowest BCUT2D eigenvalue weighted by Gasteiger charge is -2.23. The predicted molar refractivity (Wildman–Crippen MR) is 55.1 cm³/mol. The van der Waals surface area contributed by atoms with Gasteiger partial charge in [0, 0.05) is 13.1 Å².